The van der Waals surface area contributed by atoms with E-state index in [1.54, 1.807) is 0 Å². The summed E-state index contributed by atoms with van der Waals surface area (Å²) >= 11 is 0. The molecule has 0 heterocycles. The van der Waals surface area contributed by atoms with Gasteiger partial charge in [0.15, 0.2) is 0 Å². The maximum Gasteiger partial charge on any atom is 0.0688 e. The Kier molecular flexibility index (Phi) is 8.78. The Bertz CT molecular complexity index is 157. The van der Waals surface area contributed by atoms with E-state index in [1.807, 2.05) is 0 Å². The number of unbranched alkanes of at least 4 members (excludes halogenated alkanes) is 2. The molecule has 82 valence electrons. The molecular weight excluding hydrogens is 170 g/mol. The molecule has 0 spiro atoms. The van der Waals surface area contributed by atoms with Crippen molar-refractivity contribution in [2.45, 2.75) is 71.4 Å². The van der Waals surface area contributed by atoms with Gasteiger partial charge in [0.25, 0.3) is 0 Å². The Balaban J connectivity index is 3.57. The molecule has 1 N–H and O–H groups in total. The van der Waals surface area contributed by atoms with Crippen LogP contribution in [0.3, 0.4) is 0 Å². The van der Waals surface area contributed by atoms with E-state index in [-0.39, 0.29) is 6.04 Å². The Morgan fingerprint density at radius 1 is 1.14 bits per heavy atom. The number of rotatable bonds is 8. The predicted octanol–water partition coefficient (Wildman–Crippen LogP) is 3.35. The first-order valence-electron chi connectivity index (χ1n) is 5.96. The number of hydrogen-bond acceptors (Lipinski definition) is 1. The Morgan fingerprint density at radius 2 is 1.86 bits per heavy atom. The lowest BCUT2D eigenvalue weighted by Gasteiger charge is -2.18. The highest BCUT2D eigenvalue weighted by atomic mass is 14.9. The van der Waals surface area contributed by atoms with Crippen LogP contribution in [0.2, 0.25) is 0 Å². The van der Waals surface area contributed by atoms with Crippen molar-refractivity contribution in [2.24, 2.45) is 0 Å². The van der Waals surface area contributed by atoms with Gasteiger partial charge in [-0.3, -0.25) is 0 Å². The van der Waals surface area contributed by atoms with Gasteiger partial charge in [0, 0.05) is 6.04 Å². The van der Waals surface area contributed by atoms with Gasteiger partial charge >= 0.3 is 0 Å². The van der Waals surface area contributed by atoms with Gasteiger partial charge in [0.2, 0.25) is 0 Å². The van der Waals surface area contributed by atoms with E-state index in [4.69, 9.17) is 6.42 Å². The molecule has 0 fully saturated rings. The first-order chi connectivity index (χ1) is 6.74. The van der Waals surface area contributed by atoms with Crippen molar-refractivity contribution in [1.82, 2.24) is 5.32 Å². The highest BCUT2D eigenvalue weighted by Crippen LogP contribution is 2.05. The van der Waals surface area contributed by atoms with Gasteiger partial charge in [-0.2, -0.15) is 0 Å². The molecule has 0 radical (unpaired) electrons. The minimum absolute atomic E-state index is 0.275. The van der Waals surface area contributed by atoms with E-state index in [0.29, 0.717) is 6.04 Å². The van der Waals surface area contributed by atoms with E-state index in [2.05, 4.69) is 32.0 Å². The quantitative estimate of drug-likeness (QED) is 0.462. The molecule has 0 aromatic rings. The fourth-order valence-corrected chi connectivity index (χ4v) is 1.63. The predicted molar refractivity (Wildman–Crippen MR) is 64.3 cm³/mol. The van der Waals surface area contributed by atoms with Crippen molar-refractivity contribution in [3.05, 3.63) is 0 Å². The van der Waals surface area contributed by atoms with Crippen LogP contribution in [0, 0.1) is 12.3 Å². The third-order valence-corrected chi connectivity index (χ3v) is 2.50. The third-order valence-electron chi connectivity index (χ3n) is 2.50. The molecule has 14 heavy (non-hydrogen) atoms. The summed E-state index contributed by atoms with van der Waals surface area (Å²) in [6.07, 6.45) is 12.9. The van der Waals surface area contributed by atoms with Gasteiger partial charge in [0.05, 0.1) is 6.04 Å². The largest absolute Gasteiger partial charge is 0.301 e. The standard InChI is InChI=1S/C13H25N/c1-5-8-9-11-12(4)14-13(7-3)10-6-2/h3,12-14H,5-6,8-11H2,1-2,4H3. The van der Waals surface area contributed by atoms with Crippen LogP contribution in [0.25, 0.3) is 0 Å². The molecule has 1 nitrogen and oxygen atoms in total. The van der Waals surface area contributed by atoms with Crippen molar-refractivity contribution in [3.63, 3.8) is 0 Å². The fraction of sp³-hybridized carbons (Fsp3) is 0.846. The number of terminal acetylenes is 1. The Morgan fingerprint density at radius 3 is 2.36 bits per heavy atom. The molecule has 2 unspecified atom stereocenters. The zero-order valence-electron chi connectivity index (χ0n) is 9.97. The topological polar surface area (TPSA) is 12.0 Å². The molecule has 0 aliphatic heterocycles. The van der Waals surface area contributed by atoms with E-state index in [0.717, 1.165) is 12.8 Å². The summed E-state index contributed by atoms with van der Waals surface area (Å²) in [4.78, 5) is 0. The second-order valence-electron chi connectivity index (χ2n) is 4.07. The lowest BCUT2D eigenvalue weighted by molar-refractivity contribution is 0.444. The summed E-state index contributed by atoms with van der Waals surface area (Å²) in [6.45, 7) is 6.64. The molecule has 0 aliphatic carbocycles. The molecule has 1 heteroatoms. The van der Waals surface area contributed by atoms with E-state index in [1.165, 1.54) is 25.7 Å². The molecule has 0 bridgehead atoms. The third kappa shape index (κ3) is 6.97. The van der Waals surface area contributed by atoms with Crippen LogP contribution in [0.4, 0.5) is 0 Å². The lowest BCUT2D eigenvalue weighted by atomic mass is 10.1. The molecule has 0 saturated heterocycles. The first kappa shape index (κ1) is 13.5. The summed E-state index contributed by atoms with van der Waals surface area (Å²) in [7, 11) is 0. The molecule has 0 saturated carbocycles. The zero-order valence-corrected chi connectivity index (χ0v) is 9.97. The van der Waals surface area contributed by atoms with Crippen molar-refractivity contribution in [2.75, 3.05) is 0 Å². The summed E-state index contributed by atoms with van der Waals surface area (Å²) in [6, 6.07) is 0.839. The molecule has 0 rings (SSSR count). The monoisotopic (exact) mass is 195 g/mol. The molecule has 0 aromatic carbocycles. The maximum absolute atomic E-state index is 5.45. The van der Waals surface area contributed by atoms with Crippen LogP contribution in [-0.4, -0.2) is 12.1 Å². The Hall–Kier alpha value is -0.480. The van der Waals surface area contributed by atoms with E-state index < -0.39 is 0 Å². The molecular formula is C13H25N. The smallest absolute Gasteiger partial charge is 0.0688 e. The van der Waals surface area contributed by atoms with E-state index >= 15 is 0 Å². The second-order valence-corrected chi connectivity index (χ2v) is 4.07. The van der Waals surface area contributed by atoms with Crippen molar-refractivity contribution in [3.8, 4) is 12.3 Å². The van der Waals surface area contributed by atoms with Crippen molar-refractivity contribution in [1.29, 1.82) is 0 Å². The highest BCUT2D eigenvalue weighted by molar-refractivity contribution is 4.99. The van der Waals surface area contributed by atoms with Gasteiger partial charge in [-0.25, -0.2) is 0 Å². The SMILES string of the molecule is C#CC(CCC)NC(C)CCCCC. The minimum Gasteiger partial charge on any atom is -0.301 e. The van der Waals surface area contributed by atoms with Crippen LogP contribution in [0.5, 0.6) is 0 Å². The molecule has 0 aliphatic rings. The summed E-state index contributed by atoms with van der Waals surface area (Å²) < 4.78 is 0. The maximum atomic E-state index is 5.45. The lowest BCUT2D eigenvalue weighted by Crippen LogP contribution is -2.35. The van der Waals surface area contributed by atoms with E-state index in [9.17, 15) is 0 Å². The van der Waals surface area contributed by atoms with Crippen LogP contribution in [-0.2, 0) is 0 Å². The summed E-state index contributed by atoms with van der Waals surface area (Å²) in [5.74, 6) is 2.81. The Labute approximate surface area is 89.7 Å². The number of hydrogen-bond donors (Lipinski definition) is 1. The molecule has 2 atom stereocenters. The van der Waals surface area contributed by atoms with Crippen molar-refractivity contribution >= 4 is 0 Å². The highest BCUT2D eigenvalue weighted by Gasteiger charge is 2.07. The van der Waals surface area contributed by atoms with Crippen LogP contribution >= 0.6 is 0 Å². The summed E-state index contributed by atoms with van der Waals surface area (Å²) in [5.41, 5.74) is 0. The normalized spacial score (nSPS) is 14.7. The summed E-state index contributed by atoms with van der Waals surface area (Å²) in [5, 5.41) is 3.49. The van der Waals surface area contributed by atoms with Crippen LogP contribution in [0.15, 0.2) is 0 Å². The van der Waals surface area contributed by atoms with Crippen molar-refractivity contribution < 1.29 is 0 Å². The van der Waals surface area contributed by atoms with Gasteiger partial charge in [-0.05, 0) is 19.8 Å². The van der Waals surface area contributed by atoms with Gasteiger partial charge in [-0.1, -0.05) is 45.5 Å². The van der Waals surface area contributed by atoms with Crippen LogP contribution in [0.1, 0.15) is 59.3 Å². The van der Waals surface area contributed by atoms with Crippen LogP contribution < -0.4 is 5.32 Å². The zero-order chi connectivity index (χ0) is 10.8. The average molecular weight is 195 g/mol. The average Bonchev–Trinajstić information content (AvgIpc) is 2.17. The minimum atomic E-state index is 0.275. The first-order valence-corrected chi connectivity index (χ1v) is 5.96. The molecule has 0 aromatic heterocycles. The molecule has 0 amide bonds. The number of nitrogens with one attached hydrogen (secondary N) is 1. The van der Waals surface area contributed by atoms with Gasteiger partial charge in [-0.15, -0.1) is 6.42 Å². The second kappa shape index (κ2) is 9.09. The fourth-order valence-electron chi connectivity index (χ4n) is 1.63. The van der Waals surface area contributed by atoms with Gasteiger partial charge < -0.3 is 5.32 Å². The van der Waals surface area contributed by atoms with Gasteiger partial charge in [0.1, 0.15) is 0 Å².